The number of aromatic nitrogens is 3. The van der Waals surface area contributed by atoms with E-state index in [1.54, 1.807) is 0 Å². The van der Waals surface area contributed by atoms with Crippen molar-refractivity contribution < 1.29 is 9.72 Å². The summed E-state index contributed by atoms with van der Waals surface area (Å²) in [5, 5.41) is 13.7. The Hall–Kier alpha value is -2.94. The van der Waals surface area contributed by atoms with Gasteiger partial charge in [0.1, 0.15) is 6.20 Å². The third kappa shape index (κ3) is 3.64. The van der Waals surface area contributed by atoms with E-state index in [1.807, 2.05) is 24.3 Å². The molecule has 0 atom stereocenters. The highest BCUT2D eigenvalue weighted by molar-refractivity contribution is 7.99. The van der Waals surface area contributed by atoms with Crippen molar-refractivity contribution in [2.75, 3.05) is 11.1 Å². The zero-order valence-corrected chi connectivity index (χ0v) is 12.5. The molecule has 0 aliphatic carbocycles. The summed E-state index contributed by atoms with van der Waals surface area (Å²) < 4.78 is 0. The van der Waals surface area contributed by atoms with Crippen LogP contribution in [0.4, 0.5) is 11.6 Å². The second-order valence-corrected chi connectivity index (χ2v) is 5.55. The molecule has 2 heterocycles. The van der Waals surface area contributed by atoms with Crippen LogP contribution in [0.3, 0.4) is 0 Å². The van der Waals surface area contributed by atoms with Crippen LogP contribution in [0.5, 0.6) is 0 Å². The highest BCUT2D eigenvalue weighted by atomic mass is 32.2. The summed E-state index contributed by atoms with van der Waals surface area (Å²) in [4.78, 5) is 33.1. The number of carbonyl (C=O) groups excluding carboxylic acids is 1. The number of anilines is 1. The number of nitrogens with zero attached hydrogens (tertiary/aromatic N) is 3. The molecular weight excluding hydrogens is 318 g/mol. The summed E-state index contributed by atoms with van der Waals surface area (Å²) in [6, 6.07) is 10.3. The van der Waals surface area contributed by atoms with E-state index in [2.05, 4.69) is 20.3 Å². The van der Waals surface area contributed by atoms with Gasteiger partial charge in [-0.05, 0) is 18.2 Å². The number of aromatic amines is 1. The van der Waals surface area contributed by atoms with Crippen molar-refractivity contribution in [1.82, 2.24) is 15.0 Å². The molecule has 1 aromatic carbocycles. The third-order valence-electron chi connectivity index (χ3n) is 2.93. The van der Waals surface area contributed by atoms with Crippen LogP contribution < -0.4 is 5.32 Å². The number of para-hydroxylation sites is 2. The van der Waals surface area contributed by atoms with Crippen LogP contribution in [-0.2, 0) is 4.79 Å². The quantitative estimate of drug-likeness (QED) is 0.422. The van der Waals surface area contributed by atoms with Gasteiger partial charge in [-0.25, -0.2) is 9.97 Å². The molecule has 0 radical (unpaired) electrons. The van der Waals surface area contributed by atoms with Gasteiger partial charge in [0.2, 0.25) is 11.9 Å². The Morgan fingerprint density at radius 2 is 2.13 bits per heavy atom. The van der Waals surface area contributed by atoms with Crippen LogP contribution in [0.15, 0.2) is 47.6 Å². The monoisotopic (exact) mass is 329 g/mol. The molecule has 0 saturated carbocycles. The Bertz CT molecular complexity index is 829. The molecule has 8 nitrogen and oxygen atoms in total. The minimum absolute atomic E-state index is 0.0823. The molecule has 3 rings (SSSR count). The third-order valence-corrected chi connectivity index (χ3v) is 3.87. The number of pyridine rings is 1. The Balaban J connectivity index is 1.57. The lowest BCUT2D eigenvalue weighted by Gasteiger charge is -2.01. The smallest absolute Gasteiger partial charge is 0.287 e. The second-order valence-electron chi connectivity index (χ2n) is 4.55. The molecule has 0 unspecified atom stereocenters. The SMILES string of the molecule is O=C(CSc1ccc([N+](=O)[O-])cn1)Nc1nc2ccccc2[nH]1. The van der Waals surface area contributed by atoms with Gasteiger partial charge in [-0.2, -0.15) is 0 Å². The molecule has 9 heteroatoms. The van der Waals surface area contributed by atoms with Gasteiger partial charge in [-0.1, -0.05) is 23.9 Å². The van der Waals surface area contributed by atoms with E-state index >= 15 is 0 Å². The molecule has 0 fully saturated rings. The van der Waals surface area contributed by atoms with Crippen molar-refractivity contribution in [3.8, 4) is 0 Å². The summed E-state index contributed by atoms with van der Waals surface area (Å²) in [6.45, 7) is 0. The van der Waals surface area contributed by atoms with Gasteiger partial charge < -0.3 is 4.98 Å². The minimum Gasteiger partial charge on any atom is -0.324 e. The van der Waals surface area contributed by atoms with Crippen molar-refractivity contribution in [2.24, 2.45) is 0 Å². The van der Waals surface area contributed by atoms with Gasteiger partial charge in [0.25, 0.3) is 5.69 Å². The molecule has 2 aromatic heterocycles. The van der Waals surface area contributed by atoms with Crippen molar-refractivity contribution in [3.05, 3.63) is 52.7 Å². The van der Waals surface area contributed by atoms with E-state index in [0.717, 1.165) is 11.0 Å². The van der Waals surface area contributed by atoms with Crippen LogP contribution in [-0.4, -0.2) is 31.5 Å². The number of nitrogens with one attached hydrogen (secondary N) is 2. The van der Waals surface area contributed by atoms with Crippen molar-refractivity contribution in [1.29, 1.82) is 0 Å². The maximum Gasteiger partial charge on any atom is 0.287 e. The molecule has 2 N–H and O–H groups in total. The standard InChI is InChI=1S/C14H11N5O3S/c20-12(8-23-13-6-5-9(7-15-13)19(21)22)18-14-16-10-3-1-2-4-11(10)17-14/h1-7H,8H2,(H2,16,17,18,20). The average Bonchev–Trinajstić information content (AvgIpc) is 2.95. The van der Waals surface area contributed by atoms with Crippen LogP contribution >= 0.6 is 11.8 Å². The molecular formula is C14H11N5O3S. The lowest BCUT2D eigenvalue weighted by atomic mass is 10.3. The molecule has 0 aliphatic rings. The van der Waals surface area contributed by atoms with Gasteiger partial charge >= 0.3 is 0 Å². The number of imidazole rings is 1. The molecule has 23 heavy (non-hydrogen) atoms. The van der Waals surface area contributed by atoms with E-state index in [4.69, 9.17) is 0 Å². The van der Waals surface area contributed by atoms with E-state index < -0.39 is 4.92 Å². The Morgan fingerprint density at radius 1 is 1.30 bits per heavy atom. The minimum atomic E-state index is -0.518. The zero-order chi connectivity index (χ0) is 16.2. The van der Waals surface area contributed by atoms with Crippen LogP contribution in [0, 0.1) is 10.1 Å². The number of nitro groups is 1. The number of amides is 1. The maximum absolute atomic E-state index is 11.9. The van der Waals surface area contributed by atoms with Gasteiger partial charge in [0.15, 0.2) is 0 Å². The fraction of sp³-hybridized carbons (Fsp3) is 0.0714. The first-order valence-electron chi connectivity index (χ1n) is 6.59. The molecule has 0 aliphatic heterocycles. The van der Waals surface area contributed by atoms with E-state index in [1.165, 1.54) is 30.1 Å². The van der Waals surface area contributed by atoms with Crippen LogP contribution in [0.1, 0.15) is 0 Å². The highest BCUT2D eigenvalue weighted by Crippen LogP contribution is 2.19. The predicted octanol–water partition coefficient (Wildman–Crippen LogP) is 2.60. The highest BCUT2D eigenvalue weighted by Gasteiger charge is 2.09. The zero-order valence-electron chi connectivity index (χ0n) is 11.7. The molecule has 0 bridgehead atoms. The normalized spacial score (nSPS) is 10.6. The lowest BCUT2D eigenvalue weighted by molar-refractivity contribution is -0.385. The summed E-state index contributed by atoms with van der Waals surface area (Å²) >= 11 is 1.19. The molecule has 1 amide bonds. The van der Waals surface area contributed by atoms with Crippen LogP contribution in [0.25, 0.3) is 11.0 Å². The number of rotatable bonds is 5. The fourth-order valence-corrected chi connectivity index (χ4v) is 2.53. The van der Waals surface area contributed by atoms with Crippen molar-refractivity contribution in [2.45, 2.75) is 5.03 Å². The number of fused-ring (bicyclic) bond motifs is 1. The number of H-pyrrole nitrogens is 1. The first kappa shape index (κ1) is 15.0. The lowest BCUT2D eigenvalue weighted by Crippen LogP contribution is -2.15. The van der Waals surface area contributed by atoms with Crippen LogP contribution in [0.2, 0.25) is 0 Å². The summed E-state index contributed by atoms with van der Waals surface area (Å²) in [6.07, 6.45) is 1.17. The largest absolute Gasteiger partial charge is 0.324 e. The predicted molar refractivity (Wildman–Crippen MR) is 86.3 cm³/mol. The van der Waals surface area contributed by atoms with Gasteiger partial charge in [0.05, 0.1) is 26.7 Å². The number of hydrogen-bond acceptors (Lipinski definition) is 6. The van der Waals surface area contributed by atoms with E-state index in [9.17, 15) is 14.9 Å². The topological polar surface area (TPSA) is 114 Å². The average molecular weight is 329 g/mol. The van der Waals surface area contributed by atoms with E-state index in [-0.39, 0.29) is 17.3 Å². The summed E-state index contributed by atoms with van der Waals surface area (Å²) in [5.41, 5.74) is 1.53. The van der Waals surface area contributed by atoms with Gasteiger partial charge in [0, 0.05) is 6.07 Å². The first-order chi connectivity index (χ1) is 11.1. The number of thioether (sulfide) groups is 1. The van der Waals surface area contributed by atoms with Gasteiger partial charge in [-0.3, -0.25) is 20.2 Å². The Morgan fingerprint density at radius 3 is 2.83 bits per heavy atom. The molecule has 0 saturated heterocycles. The van der Waals surface area contributed by atoms with E-state index in [0.29, 0.717) is 11.0 Å². The molecule has 0 spiro atoms. The Kier molecular flexibility index (Phi) is 4.20. The number of hydrogen-bond donors (Lipinski definition) is 2. The number of carbonyl (C=O) groups is 1. The van der Waals surface area contributed by atoms with Crippen molar-refractivity contribution >= 4 is 40.3 Å². The fourth-order valence-electron chi connectivity index (χ4n) is 1.89. The molecule has 116 valence electrons. The Labute approximate surface area is 134 Å². The molecule has 3 aromatic rings. The van der Waals surface area contributed by atoms with Crippen molar-refractivity contribution in [3.63, 3.8) is 0 Å². The maximum atomic E-state index is 11.9. The second kappa shape index (κ2) is 6.44. The van der Waals surface area contributed by atoms with Gasteiger partial charge in [-0.15, -0.1) is 0 Å². The number of benzene rings is 1. The summed E-state index contributed by atoms with van der Waals surface area (Å²) in [5.74, 6) is 0.268. The first-order valence-corrected chi connectivity index (χ1v) is 7.58. The summed E-state index contributed by atoms with van der Waals surface area (Å²) in [7, 11) is 0.